The first-order chi connectivity index (χ1) is 9.67. The zero-order valence-electron chi connectivity index (χ0n) is 10.9. The molecular formula is C14H16FN3OS. The standard InChI is InChI=1S/C14H16FN3OS/c15-11-3-1-10(2-4-11)5-6-17-13(19)7-12-9-20-14(8-16)18-12/h1-4,9H,5-8,16H2,(H,17,19). The summed E-state index contributed by atoms with van der Waals surface area (Å²) in [4.78, 5) is 16.0. The van der Waals surface area contributed by atoms with E-state index in [0.717, 1.165) is 16.3 Å². The molecule has 1 amide bonds. The highest BCUT2D eigenvalue weighted by Gasteiger charge is 2.06. The molecule has 1 heterocycles. The van der Waals surface area contributed by atoms with Crippen molar-refractivity contribution in [2.24, 2.45) is 5.73 Å². The van der Waals surface area contributed by atoms with E-state index in [9.17, 15) is 9.18 Å². The molecule has 4 nitrogen and oxygen atoms in total. The van der Waals surface area contributed by atoms with E-state index >= 15 is 0 Å². The van der Waals surface area contributed by atoms with Gasteiger partial charge in [-0.2, -0.15) is 0 Å². The zero-order chi connectivity index (χ0) is 14.4. The van der Waals surface area contributed by atoms with Crippen molar-refractivity contribution in [1.82, 2.24) is 10.3 Å². The van der Waals surface area contributed by atoms with Gasteiger partial charge in [-0.15, -0.1) is 11.3 Å². The Hall–Kier alpha value is -1.79. The van der Waals surface area contributed by atoms with E-state index in [1.54, 1.807) is 12.1 Å². The second-order valence-corrected chi connectivity index (χ2v) is 5.28. The van der Waals surface area contributed by atoms with Gasteiger partial charge in [-0.25, -0.2) is 9.37 Å². The van der Waals surface area contributed by atoms with Crippen molar-refractivity contribution in [3.63, 3.8) is 0 Å². The average Bonchev–Trinajstić information content (AvgIpc) is 2.88. The highest BCUT2D eigenvalue weighted by Crippen LogP contribution is 2.09. The molecule has 3 N–H and O–H groups in total. The number of nitrogens with one attached hydrogen (secondary N) is 1. The molecule has 6 heteroatoms. The monoisotopic (exact) mass is 293 g/mol. The summed E-state index contributed by atoms with van der Waals surface area (Å²) in [5.74, 6) is -0.321. The quantitative estimate of drug-likeness (QED) is 0.851. The minimum Gasteiger partial charge on any atom is -0.355 e. The van der Waals surface area contributed by atoms with Gasteiger partial charge in [-0.1, -0.05) is 12.1 Å². The highest BCUT2D eigenvalue weighted by atomic mass is 32.1. The van der Waals surface area contributed by atoms with E-state index < -0.39 is 0 Å². The Bertz CT molecular complexity index is 568. The molecular weight excluding hydrogens is 277 g/mol. The van der Waals surface area contributed by atoms with E-state index in [1.165, 1.54) is 23.5 Å². The predicted octanol–water partition coefficient (Wildman–Crippen LogP) is 1.64. The Balaban J connectivity index is 1.73. The molecule has 0 spiro atoms. The number of carbonyl (C=O) groups is 1. The van der Waals surface area contributed by atoms with Gasteiger partial charge >= 0.3 is 0 Å². The van der Waals surface area contributed by atoms with Crippen molar-refractivity contribution in [1.29, 1.82) is 0 Å². The molecule has 0 atom stereocenters. The summed E-state index contributed by atoms with van der Waals surface area (Å²) in [7, 11) is 0. The molecule has 0 saturated heterocycles. The van der Waals surface area contributed by atoms with Crippen LogP contribution in [-0.2, 0) is 24.2 Å². The molecule has 1 aromatic carbocycles. The summed E-state index contributed by atoms with van der Waals surface area (Å²) < 4.78 is 12.7. The fourth-order valence-electron chi connectivity index (χ4n) is 1.75. The van der Waals surface area contributed by atoms with Crippen LogP contribution in [0.3, 0.4) is 0 Å². The molecule has 2 aromatic rings. The van der Waals surface area contributed by atoms with Gasteiger partial charge in [0.25, 0.3) is 0 Å². The second-order valence-electron chi connectivity index (χ2n) is 4.34. The molecule has 0 fully saturated rings. The molecule has 2 rings (SSSR count). The van der Waals surface area contributed by atoms with Gasteiger partial charge in [0.2, 0.25) is 5.91 Å². The van der Waals surface area contributed by atoms with Gasteiger partial charge in [-0.05, 0) is 24.1 Å². The minimum atomic E-state index is -0.253. The number of amides is 1. The summed E-state index contributed by atoms with van der Waals surface area (Å²) in [5, 5.41) is 5.50. The largest absolute Gasteiger partial charge is 0.355 e. The predicted molar refractivity (Wildman–Crippen MR) is 76.8 cm³/mol. The molecule has 0 saturated carbocycles. The van der Waals surface area contributed by atoms with Crippen LogP contribution in [0.2, 0.25) is 0 Å². The van der Waals surface area contributed by atoms with Crippen LogP contribution in [-0.4, -0.2) is 17.4 Å². The van der Waals surface area contributed by atoms with Crippen molar-refractivity contribution < 1.29 is 9.18 Å². The molecule has 20 heavy (non-hydrogen) atoms. The van der Waals surface area contributed by atoms with Crippen LogP contribution in [0.15, 0.2) is 29.6 Å². The molecule has 1 aromatic heterocycles. The molecule has 0 bridgehead atoms. The zero-order valence-corrected chi connectivity index (χ0v) is 11.8. The Morgan fingerprint density at radius 1 is 1.35 bits per heavy atom. The Kier molecular flexibility index (Phi) is 5.20. The van der Waals surface area contributed by atoms with E-state index in [2.05, 4.69) is 10.3 Å². The molecule has 0 radical (unpaired) electrons. The molecule has 0 aliphatic carbocycles. The summed E-state index contributed by atoms with van der Waals surface area (Å²) in [5.41, 5.74) is 7.21. The van der Waals surface area contributed by atoms with Crippen LogP contribution >= 0.6 is 11.3 Å². The first-order valence-corrected chi connectivity index (χ1v) is 7.20. The highest BCUT2D eigenvalue weighted by molar-refractivity contribution is 7.09. The molecule has 0 unspecified atom stereocenters. The normalized spacial score (nSPS) is 10.5. The van der Waals surface area contributed by atoms with Crippen LogP contribution in [0.1, 0.15) is 16.3 Å². The SMILES string of the molecule is NCc1nc(CC(=O)NCCc2ccc(F)cc2)cs1. The lowest BCUT2D eigenvalue weighted by atomic mass is 10.1. The number of nitrogens with zero attached hydrogens (tertiary/aromatic N) is 1. The van der Waals surface area contributed by atoms with E-state index in [0.29, 0.717) is 19.5 Å². The Morgan fingerprint density at radius 3 is 2.75 bits per heavy atom. The third kappa shape index (κ3) is 4.40. The van der Waals surface area contributed by atoms with Crippen molar-refractivity contribution in [3.8, 4) is 0 Å². The van der Waals surface area contributed by atoms with Crippen LogP contribution in [0.5, 0.6) is 0 Å². The number of aromatic nitrogens is 1. The number of nitrogens with two attached hydrogens (primary N) is 1. The molecule has 106 valence electrons. The van der Waals surface area contributed by atoms with Crippen LogP contribution in [0.25, 0.3) is 0 Å². The topological polar surface area (TPSA) is 68.0 Å². The van der Waals surface area contributed by atoms with Gasteiger partial charge in [0.05, 0.1) is 12.1 Å². The second kappa shape index (κ2) is 7.12. The van der Waals surface area contributed by atoms with Crippen LogP contribution in [0, 0.1) is 5.82 Å². The first-order valence-electron chi connectivity index (χ1n) is 6.32. The van der Waals surface area contributed by atoms with Gasteiger partial charge < -0.3 is 11.1 Å². The van der Waals surface area contributed by atoms with E-state index in [-0.39, 0.29) is 18.1 Å². The number of rotatable bonds is 6. The maximum absolute atomic E-state index is 12.7. The van der Waals surface area contributed by atoms with Gasteiger partial charge in [0, 0.05) is 18.5 Å². The third-order valence-corrected chi connectivity index (χ3v) is 3.68. The fraction of sp³-hybridized carbons (Fsp3) is 0.286. The molecule has 0 aliphatic rings. The lowest BCUT2D eigenvalue weighted by Crippen LogP contribution is -2.27. The Morgan fingerprint density at radius 2 is 2.10 bits per heavy atom. The van der Waals surface area contributed by atoms with E-state index in [1.807, 2.05) is 5.38 Å². The van der Waals surface area contributed by atoms with Gasteiger partial charge in [0.15, 0.2) is 0 Å². The van der Waals surface area contributed by atoms with Gasteiger partial charge in [-0.3, -0.25) is 4.79 Å². The lowest BCUT2D eigenvalue weighted by Gasteiger charge is -2.04. The van der Waals surface area contributed by atoms with Crippen molar-refractivity contribution in [2.75, 3.05) is 6.54 Å². The Labute approximate surface area is 120 Å². The average molecular weight is 293 g/mol. The van der Waals surface area contributed by atoms with Crippen molar-refractivity contribution in [2.45, 2.75) is 19.4 Å². The number of thiazole rings is 1. The summed E-state index contributed by atoms with van der Waals surface area (Å²) in [6.45, 7) is 0.926. The maximum atomic E-state index is 12.7. The minimum absolute atomic E-state index is 0.0685. The lowest BCUT2D eigenvalue weighted by molar-refractivity contribution is -0.120. The maximum Gasteiger partial charge on any atom is 0.226 e. The first kappa shape index (κ1) is 14.6. The number of carbonyl (C=O) groups excluding carboxylic acids is 1. The smallest absolute Gasteiger partial charge is 0.226 e. The number of benzene rings is 1. The van der Waals surface area contributed by atoms with Crippen LogP contribution < -0.4 is 11.1 Å². The van der Waals surface area contributed by atoms with Crippen molar-refractivity contribution in [3.05, 3.63) is 51.7 Å². The van der Waals surface area contributed by atoms with E-state index in [4.69, 9.17) is 5.73 Å². The van der Waals surface area contributed by atoms with Crippen LogP contribution in [0.4, 0.5) is 4.39 Å². The number of hydrogen-bond acceptors (Lipinski definition) is 4. The number of halogens is 1. The fourth-order valence-corrected chi connectivity index (χ4v) is 2.42. The summed E-state index contributed by atoms with van der Waals surface area (Å²) in [6, 6.07) is 6.27. The summed E-state index contributed by atoms with van der Waals surface area (Å²) >= 11 is 1.46. The van der Waals surface area contributed by atoms with Crippen molar-refractivity contribution >= 4 is 17.2 Å². The molecule has 0 aliphatic heterocycles. The summed E-state index contributed by atoms with van der Waals surface area (Å²) in [6.07, 6.45) is 0.942. The third-order valence-electron chi connectivity index (χ3n) is 2.76. The number of hydrogen-bond donors (Lipinski definition) is 2. The van der Waals surface area contributed by atoms with Gasteiger partial charge in [0.1, 0.15) is 10.8 Å².